The van der Waals surface area contributed by atoms with Gasteiger partial charge in [0, 0.05) is 6.07 Å². The van der Waals surface area contributed by atoms with Crippen LogP contribution in [0.4, 0.5) is 18.9 Å². The average molecular weight is 327 g/mol. The minimum atomic E-state index is -4.96. The summed E-state index contributed by atoms with van der Waals surface area (Å²) in [6, 6.07) is 0.606. The molecule has 0 atom stereocenters. The van der Waals surface area contributed by atoms with E-state index >= 15 is 0 Å². The normalized spacial score (nSPS) is 11.8. The second-order valence-electron chi connectivity index (χ2n) is 4.78. The fourth-order valence-electron chi connectivity index (χ4n) is 1.57. The van der Waals surface area contributed by atoms with E-state index in [2.05, 4.69) is 4.98 Å². The molecule has 0 aromatic carbocycles. The Bertz CT molecular complexity index is 521. The van der Waals surface area contributed by atoms with Crippen LogP contribution in [0, 0.1) is 16.0 Å². The lowest BCUT2D eigenvalue weighted by atomic mass is 10.1. The quantitative estimate of drug-likeness (QED) is 0.439. The van der Waals surface area contributed by atoms with Crippen molar-refractivity contribution < 1.29 is 22.8 Å². The third-order valence-corrected chi connectivity index (χ3v) is 2.82. The van der Waals surface area contributed by atoms with Gasteiger partial charge in [-0.15, -0.1) is 0 Å². The van der Waals surface area contributed by atoms with E-state index in [4.69, 9.17) is 16.3 Å². The van der Waals surface area contributed by atoms with E-state index in [0.29, 0.717) is 18.4 Å². The lowest BCUT2D eigenvalue weighted by molar-refractivity contribution is -0.388. The summed E-state index contributed by atoms with van der Waals surface area (Å²) < 4.78 is 43.3. The molecule has 0 aliphatic carbocycles. The van der Waals surface area contributed by atoms with Gasteiger partial charge < -0.3 is 4.74 Å². The second-order valence-corrected chi connectivity index (χ2v) is 5.19. The van der Waals surface area contributed by atoms with Gasteiger partial charge in [0.05, 0.1) is 11.5 Å². The van der Waals surface area contributed by atoms with E-state index in [9.17, 15) is 23.3 Å². The minimum Gasteiger partial charge on any atom is -0.477 e. The van der Waals surface area contributed by atoms with Crippen LogP contribution in [0.3, 0.4) is 0 Å². The van der Waals surface area contributed by atoms with Crippen molar-refractivity contribution in [3.63, 3.8) is 0 Å². The molecule has 0 aliphatic rings. The zero-order valence-corrected chi connectivity index (χ0v) is 12.2. The molecule has 118 valence electrons. The number of alkyl halides is 3. The predicted octanol–water partition coefficient (Wildman–Crippen LogP) is 4.48. The average Bonchev–Trinajstić information content (AvgIpc) is 2.33. The first-order chi connectivity index (χ1) is 9.62. The molecule has 0 bridgehead atoms. The number of pyridine rings is 1. The molecule has 1 aromatic heterocycles. The number of hydrogen-bond donors (Lipinski definition) is 0. The monoisotopic (exact) mass is 326 g/mol. The van der Waals surface area contributed by atoms with E-state index in [1.54, 1.807) is 0 Å². The first kappa shape index (κ1) is 17.5. The molecule has 0 radical (unpaired) electrons. The maximum absolute atomic E-state index is 12.7. The molecular weight excluding hydrogens is 313 g/mol. The van der Waals surface area contributed by atoms with Crippen LogP contribution in [0.1, 0.15) is 32.4 Å². The molecule has 0 amide bonds. The lowest BCUT2D eigenvalue weighted by Crippen LogP contribution is -2.13. The fourth-order valence-corrected chi connectivity index (χ4v) is 1.77. The number of nitro groups is 1. The van der Waals surface area contributed by atoms with Crippen LogP contribution in [0.5, 0.6) is 5.88 Å². The molecule has 0 N–H and O–H groups in total. The van der Waals surface area contributed by atoms with Gasteiger partial charge >= 0.3 is 11.9 Å². The number of rotatable bonds is 6. The summed E-state index contributed by atoms with van der Waals surface area (Å²) in [4.78, 5) is 12.6. The van der Waals surface area contributed by atoms with E-state index in [1.165, 1.54) is 0 Å². The first-order valence-corrected chi connectivity index (χ1v) is 6.55. The van der Waals surface area contributed by atoms with E-state index in [1.807, 2.05) is 13.8 Å². The Morgan fingerprint density at radius 3 is 2.57 bits per heavy atom. The van der Waals surface area contributed by atoms with Crippen LogP contribution >= 0.6 is 11.6 Å². The van der Waals surface area contributed by atoms with Crippen molar-refractivity contribution in [2.24, 2.45) is 5.92 Å². The van der Waals surface area contributed by atoms with Crippen LogP contribution < -0.4 is 4.74 Å². The minimum absolute atomic E-state index is 0.139. The van der Waals surface area contributed by atoms with Gasteiger partial charge in [-0.05, 0) is 18.8 Å². The van der Waals surface area contributed by atoms with Crippen LogP contribution in [0.25, 0.3) is 0 Å². The Labute approximate surface area is 124 Å². The van der Waals surface area contributed by atoms with Gasteiger partial charge in [-0.1, -0.05) is 25.4 Å². The SMILES string of the molecule is CC(C)CCCOc1nc(C(F)(F)F)c([N+](=O)[O-])cc1Cl. The van der Waals surface area contributed by atoms with Crippen molar-refractivity contribution in [1.82, 2.24) is 4.98 Å². The molecule has 0 fully saturated rings. The molecule has 0 saturated heterocycles. The summed E-state index contributed by atoms with van der Waals surface area (Å²) in [6.07, 6.45) is -3.51. The van der Waals surface area contributed by atoms with Crippen LogP contribution in [0.15, 0.2) is 6.07 Å². The number of aromatic nitrogens is 1. The van der Waals surface area contributed by atoms with Gasteiger partial charge in [-0.2, -0.15) is 13.2 Å². The summed E-state index contributed by atoms with van der Waals surface area (Å²) in [6.45, 7) is 4.14. The van der Waals surface area contributed by atoms with E-state index in [-0.39, 0.29) is 11.6 Å². The Morgan fingerprint density at radius 1 is 1.48 bits per heavy atom. The van der Waals surface area contributed by atoms with Gasteiger partial charge in [0.1, 0.15) is 5.02 Å². The van der Waals surface area contributed by atoms with Gasteiger partial charge in [-0.25, -0.2) is 4.98 Å². The molecular formula is C12H14ClF3N2O3. The molecule has 9 heteroatoms. The third kappa shape index (κ3) is 5.04. The molecule has 0 spiro atoms. The molecule has 1 rings (SSSR count). The number of halogens is 4. The number of nitrogens with zero attached hydrogens (tertiary/aromatic N) is 2. The topological polar surface area (TPSA) is 65.3 Å². The van der Waals surface area contributed by atoms with Crippen molar-refractivity contribution in [2.75, 3.05) is 6.61 Å². The molecule has 0 aliphatic heterocycles. The fraction of sp³-hybridized carbons (Fsp3) is 0.583. The van der Waals surface area contributed by atoms with Crippen molar-refractivity contribution in [1.29, 1.82) is 0 Å². The highest BCUT2D eigenvalue weighted by atomic mass is 35.5. The Kier molecular flexibility index (Phi) is 5.77. The van der Waals surface area contributed by atoms with Gasteiger partial charge in [-0.3, -0.25) is 10.1 Å². The van der Waals surface area contributed by atoms with E-state index < -0.39 is 28.4 Å². The maximum Gasteiger partial charge on any atom is 0.440 e. The molecule has 1 heterocycles. The summed E-state index contributed by atoms with van der Waals surface area (Å²) in [7, 11) is 0. The summed E-state index contributed by atoms with van der Waals surface area (Å²) in [5, 5.41) is 10.3. The van der Waals surface area contributed by atoms with Gasteiger partial charge in [0.25, 0.3) is 0 Å². The summed E-state index contributed by atoms with van der Waals surface area (Å²) in [5.74, 6) is -0.0158. The smallest absolute Gasteiger partial charge is 0.440 e. The van der Waals surface area contributed by atoms with Gasteiger partial charge in [0.15, 0.2) is 0 Å². The van der Waals surface area contributed by atoms with Gasteiger partial charge in [0.2, 0.25) is 11.6 Å². The summed E-state index contributed by atoms with van der Waals surface area (Å²) in [5.41, 5.74) is -2.81. The van der Waals surface area contributed by atoms with Crippen LogP contribution in [-0.2, 0) is 6.18 Å². The first-order valence-electron chi connectivity index (χ1n) is 6.17. The zero-order valence-electron chi connectivity index (χ0n) is 11.4. The second kappa shape index (κ2) is 6.93. The Morgan fingerprint density at radius 2 is 2.10 bits per heavy atom. The van der Waals surface area contributed by atoms with Crippen molar-refractivity contribution in [2.45, 2.75) is 32.9 Å². The van der Waals surface area contributed by atoms with Crippen LogP contribution in [-0.4, -0.2) is 16.5 Å². The van der Waals surface area contributed by atoms with Crippen LogP contribution in [0.2, 0.25) is 5.02 Å². The van der Waals surface area contributed by atoms with Crippen molar-refractivity contribution >= 4 is 17.3 Å². The molecule has 0 unspecified atom stereocenters. The highest BCUT2D eigenvalue weighted by molar-refractivity contribution is 6.32. The molecule has 0 saturated carbocycles. The predicted molar refractivity (Wildman–Crippen MR) is 70.5 cm³/mol. The summed E-state index contributed by atoms with van der Waals surface area (Å²) >= 11 is 5.68. The standard InChI is InChI=1S/C12H14ClF3N2O3/c1-7(2)4-3-5-21-11-8(13)6-9(18(19)20)10(17-11)12(14,15)16/h6-7H,3-5H2,1-2H3. The highest BCUT2D eigenvalue weighted by Gasteiger charge is 2.41. The Balaban J connectivity index is 2.98. The van der Waals surface area contributed by atoms with E-state index in [0.717, 1.165) is 6.42 Å². The number of ether oxygens (including phenoxy) is 1. The largest absolute Gasteiger partial charge is 0.477 e. The Hall–Kier alpha value is -1.57. The third-order valence-electron chi connectivity index (χ3n) is 2.55. The zero-order chi connectivity index (χ0) is 16.2. The molecule has 21 heavy (non-hydrogen) atoms. The maximum atomic E-state index is 12.7. The lowest BCUT2D eigenvalue weighted by Gasteiger charge is -2.11. The number of hydrogen-bond acceptors (Lipinski definition) is 4. The van der Waals surface area contributed by atoms with Crippen molar-refractivity contribution in [3.8, 4) is 5.88 Å². The van der Waals surface area contributed by atoms with Crippen molar-refractivity contribution in [3.05, 3.63) is 26.9 Å². The highest BCUT2D eigenvalue weighted by Crippen LogP contribution is 2.38. The molecule has 5 nitrogen and oxygen atoms in total. The molecule has 1 aromatic rings.